The number of nitrogens with one attached hydrogen (secondary N) is 1. The summed E-state index contributed by atoms with van der Waals surface area (Å²) in [6.07, 6.45) is -0.633. The maximum atomic E-state index is 12.4. The lowest BCUT2D eigenvalue weighted by atomic mass is 10.0. The SMILES string of the molecule is COc1ccccc1OC(C)C(=O)Nc1ccccc1C(C)C. The number of carbonyl (C=O) groups excluding carboxylic acids is 1. The number of para-hydroxylation sites is 3. The largest absolute Gasteiger partial charge is 0.493 e. The molecule has 0 aliphatic heterocycles. The Hall–Kier alpha value is -2.49. The molecule has 0 bridgehead atoms. The van der Waals surface area contributed by atoms with Crippen LogP contribution < -0.4 is 14.8 Å². The van der Waals surface area contributed by atoms with E-state index in [-0.39, 0.29) is 5.91 Å². The summed E-state index contributed by atoms with van der Waals surface area (Å²) in [5.74, 6) is 1.30. The third kappa shape index (κ3) is 4.25. The van der Waals surface area contributed by atoms with Crippen LogP contribution in [0, 0.1) is 0 Å². The standard InChI is InChI=1S/C19H23NO3/c1-13(2)15-9-5-6-10-16(15)20-19(21)14(3)23-18-12-8-7-11-17(18)22-4/h5-14H,1-4H3,(H,20,21). The summed E-state index contributed by atoms with van der Waals surface area (Å²) < 4.78 is 11.0. The highest BCUT2D eigenvalue weighted by molar-refractivity contribution is 5.94. The van der Waals surface area contributed by atoms with Gasteiger partial charge >= 0.3 is 0 Å². The molecule has 23 heavy (non-hydrogen) atoms. The fourth-order valence-electron chi connectivity index (χ4n) is 2.31. The van der Waals surface area contributed by atoms with Crippen molar-refractivity contribution >= 4 is 11.6 Å². The van der Waals surface area contributed by atoms with E-state index in [0.717, 1.165) is 11.3 Å². The molecule has 2 rings (SSSR count). The summed E-state index contributed by atoms with van der Waals surface area (Å²) >= 11 is 0. The van der Waals surface area contributed by atoms with Gasteiger partial charge in [0.2, 0.25) is 0 Å². The van der Waals surface area contributed by atoms with Crippen molar-refractivity contribution in [3.63, 3.8) is 0 Å². The maximum absolute atomic E-state index is 12.4. The number of anilines is 1. The summed E-state index contributed by atoms with van der Waals surface area (Å²) in [6.45, 7) is 5.92. The molecule has 0 fully saturated rings. The van der Waals surface area contributed by atoms with Gasteiger partial charge in [-0.25, -0.2) is 0 Å². The molecule has 2 aromatic rings. The lowest BCUT2D eigenvalue weighted by Crippen LogP contribution is -2.30. The Balaban J connectivity index is 2.09. The maximum Gasteiger partial charge on any atom is 0.265 e. The zero-order chi connectivity index (χ0) is 16.8. The summed E-state index contributed by atoms with van der Waals surface area (Å²) in [5.41, 5.74) is 1.92. The fraction of sp³-hybridized carbons (Fsp3) is 0.316. The van der Waals surface area contributed by atoms with E-state index in [9.17, 15) is 4.79 Å². The van der Waals surface area contributed by atoms with E-state index in [0.29, 0.717) is 17.4 Å². The van der Waals surface area contributed by atoms with E-state index >= 15 is 0 Å². The zero-order valence-corrected chi connectivity index (χ0v) is 14.0. The predicted octanol–water partition coefficient (Wildman–Crippen LogP) is 4.22. The third-order valence-corrected chi connectivity index (χ3v) is 3.58. The van der Waals surface area contributed by atoms with Gasteiger partial charge in [0.15, 0.2) is 17.6 Å². The first-order valence-electron chi connectivity index (χ1n) is 7.72. The Morgan fingerprint density at radius 1 is 0.957 bits per heavy atom. The third-order valence-electron chi connectivity index (χ3n) is 3.58. The van der Waals surface area contributed by atoms with Gasteiger partial charge < -0.3 is 14.8 Å². The first-order chi connectivity index (χ1) is 11.0. The number of rotatable bonds is 6. The molecule has 0 aromatic heterocycles. The molecule has 0 saturated carbocycles. The molecular formula is C19H23NO3. The molecule has 0 radical (unpaired) electrons. The van der Waals surface area contributed by atoms with E-state index < -0.39 is 6.10 Å². The van der Waals surface area contributed by atoms with Crippen molar-refractivity contribution in [2.24, 2.45) is 0 Å². The Kier molecular flexibility index (Phi) is 5.63. The second-order valence-electron chi connectivity index (χ2n) is 5.64. The Labute approximate surface area is 137 Å². The van der Waals surface area contributed by atoms with Crippen molar-refractivity contribution in [2.45, 2.75) is 32.8 Å². The number of ether oxygens (including phenoxy) is 2. The van der Waals surface area contributed by atoms with Crippen LogP contribution in [-0.4, -0.2) is 19.1 Å². The fourth-order valence-corrected chi connectivity index (χ4v) is 2.31. The van der Waals surface area contributed by atoms with E-state index in [1.807, 2.05) is 36.4 Å². The van der Waals surface area contributed by atoms with Crippen molar-refractivity contribution in [3.8, 4) is 11.5 Å². The molecule has 1 N–H and O–H groups in total. The molecule has 0 spiro atoms. The lowest BCUT2D eigenvalue weighted by Gasteiger charge is -2.18. The number of amides is 1. The summed E-state index contributed by atoms with van der Waals surface area (Å²) in [4.78, 5) is 12.4. The van der Waals surface area contributed by atoms with Crippen LogP contribution in [0.15, 0.2) is 48.5 Å². The minimum absolute atomic E-state index is 0.191. The molecule has 1 amide bonds. The number of methoxy groups -OCH3 is 1. The van der Waals surface area contributed by atoms with Crippen molar-refractivity contribution in [3.05, 3.63) is 54.1 Å². The molecule has 0 heterocycles. The molecule has 1 unspecified atom stereocenters. The molecule has 0 saturated heterocycles. The van der Waals surface area contributed by atoms with Crippen molar-refractivity contribution in [1.29, 1.82) is 0 Å². The van der Waals surface area contributed by atoms with Crippen LogP contribution in [-0.2, 0) is 4.79 Å². The average Bonchev–Trinajstić information content (AvgIpc) is 2.55. The van der Waals surface area contributed by atoms with Gasteiger partial charge in [-0.15, -0.1) is 0 Å². The van der Waals surface area contributed by atoms with E-state index in [1.54, 1.807) is 26.2 Å². The van der Waals surface area contributed by atoms with Gasteiger partial charge in [0.1, 0.15) is 0 Å². The Morgan fingerprint density at radius 2 is 1.57 bits per heavy atom. The minimum atomic E-state index is -0.633. The Morgan fingerprint density at radius 3 is 2.22 bits per heavy atom. The number of carbonyl (C=O) groups is 1. The molecule has 122 valence electrons. The molecule has 4 heteroatoms. The predicted molar refractivity (Wildman–Crippen MR) is 92.2 cm³/mol. The van der Waals surface area contributed by atoms with Gasteiger partial charge in [0.05, 0.1) is 7.11 Å². The van der Waals surface area contributed by atoms with Gasteiger partial charge in [-0.3, -0.25) is 4.79 Å². The van der Waals surface area contributed by atoms with Gasteiger partial charge in [-0.1, -0.05) is 44.2 Å². The monoisotopic (exact) mass is 313 g/mol. The molecule has 2 aromatic carbocycles. The number of benzene rings is 2. The lowest BCUT2D eigenvalue weighted by molar-refractivity contribution is -0.122. The van der Waals surface area contributed by atoms with Crippen molar-refractivity contribution in [1.82, 2.24) is 0 Å². The van der Waals surface area contributed by atoms with Gasteiger partial charge in [-0.05, 0) is 36.6 Å². The molecule has 0 aliphatic carbocycles. The normalized spacial score (nSPS) is 11.9. The van der Waals surface area contributed by atoms with E-state index in [1.165, 1.54) is 0 Å². The number of hydrogen-bond acceptors (Lipinski definition) is 3. The second-order valence-corrected chi connectivity index (χ2v) is 5.64. The Bertz CT molecular complexity index is 667. The molecule has 0 aliphatic rings. The zero-order valence-electron chi connectivity index (χ0n) is 14.0. The van der Waals surface area contributed by atoms with Crippen LogP contribution in [0.2, 0.25) is 0 Å². The first-order valence-corrected chi connectivity index (χ1v) is 7.72. The van der Waals surface area contributed by atoms with Crippen LogP contribution in [0.3, 0.4) is 0 Å². The number of hydrogen-bond donors (Lipinski definition) is 1. The minimum Gasteiger partial charge on any atom is -0.493 e. The molecular weight excluding hydrogens is 290 g/mol. The van der Waals surface area contributed by atoms with Crippen LogP contribution >= 0.6 is 0 Å². The van der Waals surface area contributed by atoms with Crippen LogP contribution in [0.1, 0.15) is 32.3 Å². The smallest absolute Gasteiger partial charge is 0.265 e. The molecule has 4 nitrogen and oxygen atoms in total. The van der Waals surface area contributed by atoms with Crippen LogP contribution in [0.4, 0.5) is 5.69 Å². The summed E-state index contributed by atoms with van der Waals surface area (Å²) in [6, 6.07) is 15.1. The van der Waals surface area contributed by atoms with E-state index in [2.05, 4.69) is 19.2 Å². The summed E-state index contributed by atoms with van der Waals surface area (Å²) in [7, 11) is 1.58. The highest BCUT2D eigenvalue weighted by atomic mass is 16.5. The topological polar surface area (TPSA) is 47.6 Å². The highest BCUT2D eigenvalue weighted by Gasteiger charge is 2.18. The average molecular weight is 313 g/mol. The first kappa shape index (κ1) is 16.9. The summed E-state index contributed by atoms with van der Waals surface area (Å²) in [5, 5.41) is 2.94. The highest BCUT2D eigenvalue weighted by Crippen LogP contribution is 2.27. The molecule has 1 atom stereocenters. The van der Waals surface area contributed by atoms with Gasteiger partial charge in [0.25, 0.3) is 5.91 Å². The van der Waals surface area contributed by atoms with Crippen molar-refractivity contribution in [2.75, 3.05) is 12.4 Å². The van der Waals surface area contributed by atoms with Crippen LogP contribution in [0.5, 0.6) is 11.5 Å². The van der Waals surface area contributed by atoms with Crippen molar-refractivity contribution < 1.29 is 14.3 Å². The van der Waals surface area contributed by atoms with Gasteiger partial charge in [-0.2, -0.15) is 0 Å². The van der Waals surface area contributed by atoms with E-state index in [4.69, 9.17) is 9.47 Å². The van der Waals surface area contributed by atoms with Crippen LogP contribution in [0.25, 0.3) is 0 Å². The van der Waals surface area contributed by atoms with Gasteiger partial charge in [0, 0.05) is 5.69 Å². The quantitative estimate of drug-likeness (QED) is 0.868. The second kappa shape index (κ2) is 7.68.